The van der Waals surface area contributed by atoms with Crippen LogP contribution in [0.5, 0.6) is 0 Å². The van der Waals surface area contributed by atoms with Crippen LogP contribution in [0, 0.1) is 5.92 Å². The molecule has 0 radical (unpaired) electrons. The zero-order valence-corrected chi connectivity index (χ0v) is 18.6. The summed E-state index contributed by atoms with van der Waals surface area (Å²) in [5, 5.41) is 15.1. The molecule has 6 nitrogen and oxygen atoms in total. The van der Waals surface area contributed by atoms with E-state index in [1.165, 1.54) is 0 Å². The number of amides is 1. The minimum absolute atomic E-state index is 0.215. The molecule has 0 aliphatic rings. The summed E-state index contributed by atoms with van der Waals surface area (Å²) in [6, 6.07) is 22.5. The largest absolute Gasteiger partial charge is 0.373 e. The fraction of sp³-hybridized carbons (Fsp3) is 0.269. The van der Waals surface area contributed by atoms with Gasteiger partial charge in [-0.05, 0) is 36.1 Å². The first-order valence-corrected chi connectivity index (χ1v) is 10.9. The molecule has 2 aromatic carbocycles. The van der Waals surface area contributed by atoms with Crippen LogP contribution in [0.15, 0.2) is 72.8 Å². The third-order valence-corrected chi connectivity index (χ3v) is 5.52. The fourth-order valence-corrected chi connectivity index (χ4v) is 3.87. The summed E-state index contributed by atoms with van der Waals surface area (Å²) in [6.07, 6.45) is 0. The molecule has 6 heteroatoms. The van der Waals surface area contributed by atoms with Gasteiger partial charge in [0.05, 0.1) is 0 Å². The summed E-state index contributed by atoms with van der Waals surface area (Å²) in [4.78, 5) is 22.0. The van der Waals surface area contributed by atoms with Crippen LogP contribution in [0.4, 0.5) is 0 Å². The maximum Gasteiger partial charge on any atom is 0.269 e. The Balaban J connectivity index is 1.89. The van der Waals surface area contributed by atoms with Crippen LogP contribution in [0.2, 0.25) is 0 Å². The molecule has 2 N–H and O–H groups in total. The molecule has 0 bridgehead atoms. The number of nitrogens with one attached hydrogen (secondary N) is 1. The molecule has 2 heterocycles. The lowest BCUT2D eigenvalue weighted by Crippen LogP contribution is -2.32. The van der Waals surface area contributed by atoms with Gasteiger partial charge < -0.3 is 15.0 Å². The van der Waals surface area contributed by atoms with Crippen LogP contribution in [-0.4, -0.2) is 32.1 Å². The monoisotopic (exact) mass is 428 g/mol. The Morgan fingerprint density at radius 2 is 1.56 bits per heavy atom. The van der Waals surface area contributed by atoms with E-state index in [0.717, 1.165) is 0 Å². The van der Waals surface area contributed by atoms with E-state index in [1.54, 1.807) is 12.1 Å². The zero-order valence-electron chi connectivity index (χ0n) is 18.6. The lowest BCUT2D eigenvalue weighted by Gasteiger charge is -2.29. The van der Waals surface area contributed by atoms with Gasteiger partial charge >= 0.3 is 0 Å². The summed E-state index contributed by atoms with van der Waals surface area (Å²) in [5.74, 6) is 0.606. The van der Waals surface area contributed by atoms with Crippen LogP contribution in [0.3, 0.4) is 0 Å². The second-order valence-corrected chi connectivity index (χ2v) is 8.27. The van der Waals surface area contributed by atoms with E-state index < -0.39 is 5.60 Å². The molecule has 32 heavy (non-hydrogen) atoms. The number of rotatable bonds is 7. The first-order valence-electron chi connectivity index (χ1n) is 10.9. The number of carbonyl (C=O) groups excluding carboxylic acids is 1. The minimum atomic E-state index is -1.47. The van der Waals surface area contributed by atoms with Crippen molar-refractivity contribution in [2.45, 2.75) is 32.9 Å². The SMILES string of the molecule is CCn1c(C(O)(c2ccccc2)c2ccccc2)nc2ccc(C(=O)NCC(C)C)nc21. The smallest absolute Gasteiger partial charge is 0.269 e. The molecular weight excluding hydrogens is 400 g/mol. The van der Waals surface area contributed by atoms with Crippen molar-refractivity contribution in [2.75, 3.05) is 6.54 Å². The Bertz CT molecular complexity index is 1180. The average molecular weight is 429 g/mol. The van der Waals surface area contributed by atoms with Gasteiger partial charge in [-0.1, -0.05) is 74.5 Å². The number of hydrogen-bond acceptors (Lipinski definition) is 4. The number of aromatic nitrogens is 3. The zero-order chi connectivity index (χ0) is 22.7. The molecule has 0 atom stereocenters. The summed E-state index contributed by atoms with van der Waals surface area (Å²) >= 11 is 0. The lowest BCUT2D eigenvalue weighted by atomic mass is 9.85. The number of benzene rings is 2. The molecule has 0 aliphatic carbocycles. The summed E-state index contributed by atoms with van der Waals surface area (Å²) in [7, 11) is 0. The first kappa shape index (κ1) is 21.7. The van der Waals surface area contributed by atoms with Crippen molar-refractivity contribution in [3.63, 3.8) is 0 Å². The number of pyridine rings is 1. The van der Waals surface area contributed by atoms with E-state index in [2.05, 4.69) is 10.3 Å². The Morgan fingerprint density at radius 1 is 0.969 bits per heavy atom. The summed E-state index contributed by atoms with van der Waals surface area (Å²) in [6.45, 7) is 7.19. The maximum absolute atomic E-state index is 12.6. The molecular formula is C26H28N4O2. The number of aliphatic hydroxyl groups is 1. The molecule has 2 aromatic heterocycles. The van der Waals surface area contributed by atoms with E-state index in [-0.39, 0.29) is 5.91 Å². The van der Waals surface area contributed by atoms with Crippen molar-refractivity contribution in [3.8, 4) is 0 Å². The molecule has 4 rings (SSSR count). The van der Waals surface area contributed by atoms with Gasteiger partial charge in [-0.25, -0.2) is 9.97 Å². The van der Waals surface area contributed by atoms with Gasteiger partial charge in [-0.15, -0.1) is 0 Å². The standard InChI is InChI=1S/C26H28N4O2/c1-4-30-23-21(15-16-22(28-23)24(31)27-17-18(2)3)29-25(30)26(32,19-11-7-5-8-12-19)20-13-9-6-10-14-20/h5-16,18,32H,4,17H2,1-3H3,(H,27,31). The van der Waals surface area contributed by atoms with Gasteiger partial charge in [0.25, 0.3) is 5.91 Å². The van der Waals surface area contributed by atoms with E-state index >= 15 is 0 Å². The van der Waals surface area contributed by atoms with E-state index in [9.17, 15) is 9.90 Å². The third-order valence-electron chi connectivity index (χ3n) is 5.52. The van der Waals surface area contributed by atoms with Gasteiger partial charge in [0.1, 0.15) is 11.2 Å². The fourth-order valence-electron chi connectivity index (χ4n) is 3.87. The van der Waals surface area contributed by atoms with Crippen LogP contribution >= 0.6 is 0 Å². The predicted octanol–water partition coefficient (Wildman–Crippen LogP) is 4.12. The number of aryl methyl sites for hydroxylation is 1. The molecule has 0 fully saturated rings. The molecule has 0 unspecified atom stereocenters. The van der Waals surface area contributed by atoms with Crippen LogP contribution in [-0.2, 0) is 12.1 Å². The van der Waals surface area contributed by atoms with E-state index in [1.807, 2.05) is 86.0 Å². The van der Waals surface area contributed by atoms with Gasteiger partial charge in [0.15, 0.2) is 17.1 Å². The molecule has 0 saturated carbocycles. The topological polar surface area (TPSA) is 80.0 Å². The van der Waals surface area contributed by atoms with Crippen molar-refractivity contribution >= 4 is 17.1 Å². The molecule has 164 valence electrons. The van der Waals surface area contributed by atoms with Crippen molar-refractivity contribution in [3.05, 3.63) is 95.4 Å². The maximum atomic E-state index is 12.6. The van der Waals surface area contributed by atoms with Crippen molar-refractivity contribution in [1.29, 1.82) is 0 Å². The normalized spacial score (nSPS) is 11.8. The predicted molar refractivity (Wildman–Crippen MR) is 125 cm³/mol. The van der Waals surface area contributed by atoms with Gasteiger partial charge in [0, 0.05) is 13.1 Å². The first-order chi connectivity index (χ1) is 15.4. The van der Waals surface area contributed by atoms with E-state index in [4.69, 9.17) is 4.98 Å². The molecule has 4 aromatic rings. The second kappa shape index (κ2) is 8.93. The average Bonchev–Trinajstić information content (AvgIpc) is 3.21. The van der Waals surface area contributed by atoms with Crippen molar-refractivity contribution < 1.29 is 9.90 Å². The van der Waals surface area contributed by atoms with Gasteiger partial charge in [-0.2, -0.15) is 0 Å². The summed E-state index contributed by atoms with van der Waals surface area (Å²) < 4.78 is 1.88. The minimum Gasteiger partial charge on any atom is -0.373 e. The highest BCUT2D eigenvalue weighted by Gasteiger charge is 2.39. The Labute approximate surface area is 188 Å². The molecule has 1 amide bonds. The lowest BCUT2D eigenvalue weighted by molar-refractivity contribution is 0.0944. The number of fused-ring (bicyclic) bond motifs is 1. The Kier molecular flexibility index (Phi) is 6.06. The molecule has 0 spiro atoms. The van der Waals surface area contributed by atoms with Crippen LogP contribution in [0.25, 0.3) is 11.2 Å². The second-order valence-electron chi connectivity index (χ2n) is 8.27. The number of carbonyl (C=O) groups is 1. The summed E-state index contributed by atoms with van der Waals surface area (Å²) in [5.41, 5.74) is 1.50. The van der Waals surface area contributed by atoms with E-state index in [0.29, 0.717) is 52.8 Å². The highest BCUT2D eigenvalue weighted by atomic mass is 16.3. The van der Waals surface area contributed by atoms with Crippen molar-refractivity contribution in [2.24, 2.45) is 5.92 Å². The molecule has 0 saturated heterocycles. The third kappa shape index (κ3) is 3.89. The van der Waals surface area contributed by atoms with Crippen LogP contribution in [0.1, 0.15) is 48.2 Å². The number of hydrogen-bond donors (Lipinski definition) is 2. The van der Waals surface area contributed by atoms with Crippen LogP contribution < -0.4 is 5.32 Å². The van der Waals surface area contributed by atoms with Gasteiger partial charge in [-0.3, -0.25) is 4.79 Å². The van der Waals surface area contributed by atoms with Crippen molar-refractivity contribution in [1.82, 2.24) is 19.9 Å². The quantitative estimate of drug-likeness (QED) is 0.464. The number of imidazole rings is 1. The number of nitrogens with zero attached hydrogens (tertiary/aromatic N) is 3. The molecule has 0 aliphatic heterocycles. The van der Waals surface area contributed by atoms with Gasteiger partial charge in [0.2, 0.25) is 0 Å². The Morgan fingerprint density at radius 3 is 2.09 bits per heavy atom. The highest BCUT2D eigenvalue weighted by molar-refractivity contribution is 5.94. The highest BCUT2D eigenvalue weighted by Crippen LogP contribution is 2.37. The Hall–Kier alpha value is -3.51.